The molecular weight excluding hydrogens is 396 g/mol. The predicted molar refractivity (Wildman–Crippen MR) is 106 cm³/mol. The van der Waals surface area contributed by atoms with Crippen LogP contribution >= 0.6 is 15.9 Å². The van der Waals surface area contributed by atoms with E-state index in [1.54, 1.807) is 12.1 Å². The van der Waals surface area contributed by atoms with Crippen LogP contribution in [0.1, 0.15) is 41.6 Å². The second-order valence-electron chi connectivity index (χ2n) is 6.56. The molecule has 7 heteroatoms. The second-order valence-corrected chi connectivity index (χ2v) is 7.41. The van der Waals surface area contributed by atoms with E-state index >= 15 is 0 Å². The minimum atomic E-state index is -0.396. The second kappa shape index (κ2) is 8.03. The van der Waals surface area contributed by atoms with Gasteiger partial charge in [0.05, 0.1) is 12.7 Å². The van der Waals surface area contributed by atoms with Crippen LogP contribution in [0.3, 0.4) is 0 Å². The van der Waals surface area contributed by atoms with Gasteiger partial charge in [-0.3, -0.25) is 0 Å². The van der Waals surface area contributed by atoms with Crippen LogP contribution < -0.4 is 10.2 Å². The van der Waals surface area contributed by atoms with Crippen LogP contribution in [0.2, 0.25) is 0 Å². The topological polar surface area (TPSA) is 67.3 Å². The van der Waals surface area contributed by atoms with E-state index in [-0.39, 0.29) is 0 Å². The molecule has 1 aromatic heterocycles. The van der Waals surface area contributed by atoms with Crippen LogP contribution in [0.25, 0.3) is 0 Å². The van der Waals surface area contributed by atoms with Crippen molar-refractivity contribution in [3.8, 4) is 0 Å². The first kappa shape index (κ1) is 18.6. The van der Waals surface area contributed by atoms with E-state index in [2.05, 4.69) is 38.2 Å². The molecule has 3 rings (SSSR count). The maximum absolute atomic E-state index is 11.9. The quantitative estimate of drug-likeness (QED) is 0.722. The van der Waals surface area contributed by atoms with Crippen molar-refractivity contribution < 1.29 is 9.53 Å². The first-order valence-electron chi connectivity index (χ1n) is 8.71. The number of rotatable bonds is 5. The molecule has 26 heavy (non-hydrogen) atoms. The molecule has 0 aliphatic heterocycles. The number of ether oxygens (including phenoxy) is 1. The molecule has 0 saturated heterocycles. The number of hydrogen-bond donors (Lipinski definition) is 1. The maximum atomic E-state index is 11.9. The van der Waals surface area contributed by atoms with Crippen molar-refractivity contribution in [3.05, 3.63) is 40.0 Å². The first-order chi connectivity index (χ1) is 12.5. The normalized spacial score (nSPS) is 14.3. The van der Waals surface area contributed by atoms with Gasteiger partial charge in [-0.2, -0.15) is 4.98 Å². The van der Waals surface area contributed by atoms with Crippen molar-refractivity contribution in [3.63, 3.8) is 0 Å². The number of benzene rings is 1. The first-order valence-corrected chi connectivity index (χ1v) is 9.50. The average Bonchev–Trinajstić information content (AvgIpc) is 3.18. The lowest BCUT2D eigenvalue weighted by molar-refractivity contribution is 0.0599. The Labute approximate surface area is 162 Å². The number of aromatic nitrogens is 2. The smallest absolute Gasteiger partial charge is 0.339 e. The summed E-state index contributed by atoms with van der Waals surface area (Å²) in [6, 6.07) is 5.92. The van der Waals surface area contributed by atoms with E-state index < -0.39 is 5.97 Å². The fraction of sp³-hybridized carbons (Fsp3) is 0.421. The van der Waals surface area contributed by atoms with Crippen LogP contribution in [0.4, 0.5) is 17.5 Å². The molecule has 1 heterocycles. The largest absolute Gasteiger partial charge is 0.465 e. The number of carbonyl (C=O) groups is 1. The summed E-state index contributed by atoms with van der Waals surface area (Å²) >= 11 is 3.37. The summed E-state index contributed by atoms with van der Waals surface area (Å²) in [6.07, 6.45) is 6.80. The Morgan fingerprint density at radius 1 is 1.35 bits per heavy atom. The Morgan fingerprint density at radius 3 is 2.77 bits per heavy atom. The van der Waals surface area contributed by atoms with Crippen LogP contribution in [-0.4, -0.2) is 36.1 Å². The summed E-state index contributed by atoms with van der Waals surface area (Å²) in [4.78, 5) is 23.2. The monoisotopic (exact) mass is 418 g/mol. The summed E-state index contributed by atoms with van der Waals surface area (Å²) in [5.41, 5.74) is 2.23. The van der Waals surface area contributed by atoms with Gasteiger partial charge in [0.1, 0.15) is 5.82 Å². The third-order valence-electron chi connectivity index (χ3n) is 4.78. The van der Waals surface area contributed by atoms with Crippen LogP contribution in [0.15, 0.2) is 28.9 Å². The summed E-state index contributed by atoms with van der Waals surface area (Å²) in [7, 11) is 3.47. The number of nitrogens with zero attached hydrogens (tertiary/aromatic N) is 3. The molecule has 138 valence electrons. The van der Waals surface area contributed by atoms with Gasteiger partial charge in [-0.25, -0.2) is 9.78 Å². The molecule has 0 atom stereocenters. The van der Waals surface area contributed by atoms with Crippen molar-refractivity contribution in [2.24, 2.45) is 0 Å². The minimum absolute atomic E-state index is 0.396. The number of aryl methyl sites for hydroxylation is 1. The van der Waals surface area contributed by atoms with Gasteiger partial charge < -0.3 is 15.0 Å². The van der Waals surface area contributed by atoms with Gasteiger partial charge >= 0.3 is 5.97 Å². The van der Waals surface area contributed by atoms with Crippen molar-refractivity contribution in [1.29, 1.82) is 0 Å². The Balaban J connectivity index is 1.84. The number of halogens is 1. The van der Waals surface area contributed by atoms with Crippen LogP contribution in [0, 0.1) is 6.92 Å². The third kappa shape index (κ3) is 3.98. The van der Waals surface area contributed by atoms with Crippen molar-refractivity contribution in [2.45, 2.75) is 38.6 Å². The fourth-order valence-corrected chi connectivity index (χ4v) is 3.72. The molecule has 1 aliphatic rings. The minimum Gasteiger partial charge on any atom is -0.465 e. The molecule has 1 N–H and O–H groups in total. The lowest BCUT2D eigenvalue weighted by atomic mass is 10.2. The highest BCUT2D eigenvalue weighted by Gasteiger charge is 2.22. The van der Waals surface area contributed by atoms with Crippen molar-refractivity contribution in [2.75, 3.05) is 24.4 Å². The van der Waals surface area contributed by atoms with E-state index in [4.69, 9.17) is 9.72 Å². The van der Waals surface area contributed by atoms with Gasteiger partial charge in [0.25, 0.3) is 0 Å². The van der Waals surface area contributed by atoms with E-state index in [0.29, 0.717) is 22.0 Å². The van der Waals surface area contributed by atoms with Gasteiger partial charge in [-0.15, -0.1) is 0 Å². The number of esters is 1. The number of methoxy groups -OCH3 is 1. The standard InChI is InChI=1S/C19H23BrN4O2/c1-12-11-21-19(23-17(12)24(2)14-6-4-5-7-14)22-13-8-9-16(20)15(10-13)18(25)26-3/h8-11,14H,4-7H2,1-3H3,(H,21,22,23). The van der Waals surface area contributed by atoms with E-state index in [1.165, 1.54) is 32.8 Å². The zero-order valence-corrected chi connectivity index (χ0v) is 16.8. The van der Waals surface area contributed by atoms with Crippen LogP contribution in [0.5, 0.6) is 0 Å². The molecular formula is C19H23BrN4O2. The number of hydrogen-bond acceptors (Lipinski definition) is 6. The molecule has 1 fully saturated rings. The molecule has 6 nitrogen and oxygen atoms in total. The molecule has 0 bridgehead atoms. The van der Waals surface area contributed by atoms with E-state index in [9.17, 15) is 4.79 Å². The fourth-order valence-electron chi connectivity index (χ4n) is 3.31. The Morgan fingerprint density at radius 2 is 2.08 bits per heavy atom. The Kier molecular flexibility index (Phi) is 5.76. The Hall–Kier alpha value is -2.15. The van der Waals surface area contributed by atoms with Gasteiger partial charge in [-0.1, -0.05) is 12.8 Å². The highest BCUT2D eigenvalue weighted by molar-refractivity contribution is 9.10. The molecule has 1 aromatic carbocycles. The SMILES string of the molecule is COC(=O)c1cc(Nc2ncc(C)c(N(C)C3CCCC3)n2)ccc1Br. The van der Waals surface area contributed by atoms with Crippen molar-refractivity contribution in [1.82, 2.24) is 9.97 Å². The summed E-state index contributed by atoms with van der Waals surface area (Å²) < 4.78 is 5.49. The van der Waals surface area contributed by atoms with E-state index in [0.717, 1.165) is 17.1 Å². The summed E-state index contributed by atoms with van der Waals surface area (Å²) in [6.45, 7) is 2.03. The molecule has 1 aliphatic carbocycles. The lowest BCUT2D eigenvalue weighted by Gasteiger charge is -2.27. The highest BCUT2D eigenvalue weighted by atomic mass is 79.9. The van der Waals surface area contributed by atoms with Crippen LogP contribution in [-0.2, 0) is 4.74 Å². The molecule has 0 amide bonds. The summed E-state index contributed by atoms with van der Waals surface area (Å²) in [5, 5.41) is 3.19. The third-order valence-corrected chi connectivity index (χ3v) is 5.47. The van der Waals surface area contributed by atoms with Gasteiger partial charge in [0.2, 0.25) is 5.95 Å². The highest BCUT2D eigenvalue weighted by Crippen LogP contribution is 2.29. The molecule has 0 spiro atoms. The van der Waals surface area contributed by atoms with Gasteiger partial charge in [0.15, 0.2) is 0 Å². The zero-order chi connectivity index (χ0) is 18.7. The molecule has 0 radical (unpaired) electrons. The zero-order valence-electron chi connectivity index (χ0n) is 15.3. The Bertz CT molecular complexity index is 806. The lowest BCUT2D eigenvalue weighted by Crippen LogP contribution is -2.30. The van der Waals surface area contributed by atoms with Gasteiger partial charge in [-0.05, 0) is 53.9 Å². The molecule has 0 unspecified atom stereocenters. The van der Waals surface area contributed by atoms with Crippen molar-refractivity contribution >= 4 is 39.4 Å². The van der Waals surface area contributed by atoms with Gasteiger partial charge in [0, 0.05) is 35.0 Å². The molecule has 1 saturated carbocycles. The summed E-state index contributed by atoms with van der Waals surface area (Å²) in [5.74, 6) is 1.06. The maximum Gasteiger partial charge on any atom is 0.339 e. The average molecular weight is 419 g/mol. The number of anilines is 3. The predicted octanol–water partition coefficient (Wildman–Crippen LogP) is 4.46. The number of nitrogens with one attached hydrogen (secondary N) is 1. The molecule has 2 aromatic rings. The number of carbonyl (C=O) groups excluding carboxylic acids is 1. The van der Waals surface area contributed by atoms with E-state index in [1.807, 2.05) is 19.2 Å².